The Morgan fingerprint density at radius 3 is 2.53 bits per heavy atom. The molecule has 1 aromatic rings. The van der Waals surface area contributed by atoms with Crippen LogP contribution in [0.3, 0.4) is 0 Å². The molecule has 0 aromatic heterocycles. The number of anilines is 1. The molecule has 2 amide bonds. The summed E-state index contributed by atoms with van der Waals surface area (Å²) >= 11 is 3.31. The van der Waals surface area contributed by atoms with E-state index in [2.05, 4.69) is 26.6 Å². The molecule has 0 bridgehead atoms. The zero-order valence-electron chi connectivity index (χ0n) is 10.5. The van der Waals surface area contributed by atoms with E-state index in [1.54, 1.807) is 24.3 Å². The molecule has 0 fully saturated rings. The first-order valence-corrected chi connectivity index (χ1v) is 6.53. The second-order valence-corrected chi connectivity index (χ2v) is 4.57. The van der Waals surface area contributed by atoms with Gasteiger partial charge in [0.1, 0.15) is 0 Å². The second kappa shape index (κ2) is 8.26. The number of halogens is 1. The Morgan fingerprint density at radius 2 is 1.89 bits per heavy atom. The minimum atomic E-state index is -0.302. The highest BCUT2D eigenvalue weighted by Gasteiger charge is 2.03. The van der Waals surface area contributed by atoms with Gasteiger partial charge in [-0.15, -0.1) is 0 Å². The number of rotatable bonds is 5. The monoisotopic (exact) mass is 322 g/mol. The summed E-state index contributed by atoms with van der Waals surface area (Å²) in [6, 6.07) is 7.20. The van der Waals surface area contributed by atoms with Crippen molar-refractivity contribution >= 4 is 33.4 Å². The summed E-state index contributed by atoms with van der Waals surface area (Å²) in [6.45, 7) is 1.79. The molecule has 100 valence electrons. The lowest BCUT2D eigenvalue weighted by atomic mass is 10.3. The largest absolute Gasteiger partial charge is 0.343 e. The van der Waals surface area contributed by atoms with Crippen LogP contribution in [0.15, 0.2) is 53.0 Å². The molecule has 0 saturated carbocycles. The average Bonchev–Trinajstić information content (AvgIpc) is 2.39. The number of carbonyl (C=O) groups excluding carboxylic acids is 2. The predicted molar refractivity (Wildman–Crippen MR) is 79.7 cm³/mol. The molecule has 0 aliphatic carbocycles. The van der Waals surface area contributed by atoms with E-state index in [0.29, 0.717) is 5.69 Å². The van der Waals surface area contributed by atoms with Gasteiger partial charge in [0, 0.05) is 16.2 Å². The number of benzene rings is 1. The molecule has 0 unspecified atom stereocenters. The van der Waals surface area contributed by atoms with Gasteiger partial charge in [-0.1, -0.05) is 34.2 Å². The van der Waals surface area contributed by atoms with Gasteiger partial charge in [0.25, 0.3) is 0 Å². The highest BCUT2D eigenvalue weighted by atomic mass is 79.9. The normalized spacial score (nSPS) is 10.8. The molecule has 1 aromatic carbocycles. The van der Waals surface area contributed by atoms with Gasteiger partial charge < -0.3 is 10.6 Å². The third-order valence-electron chi connectivity index (χ3n) is 2.10. The number of hydrogen-bond donors (Lipinski definition) is 2. The van der Waals surface area contributed by atoms with Gasteiger partial charge >= 0.3 is 0 Å². The molecule has 4 nitrogen and oxygen atoms in total. The molecule has 0 radical (unpaired) electrons. The van der Waals surface area contributed by atoms with Crippen LogP contribution in [0.5, 0.6) is 0 Å². The fraction of sp³-hybridized carbons (Fsp3) is 0.143. The number of amides is 2. The summed E-state index contributed by atoms with van der Waals surface area (Å²) in [5.74, 6) is -0.570. The van der Waals surface area contributed by atoms with E-state index in [4.69, 9.17) is 0 Å². The van der Waals surface area contributed by atoms with Crippen LogP contribution in [-0.4, -0.2) is 18.4 Å². The molecule has 2 N–H and O–H groups in total. The molecule has 0 atom stereocenters. The summed E-state index contributed by atoms with van der Waals surface area (Å²) in [5, 5.41) is 5.17. The van der Waals surface area contributed by atoms with Crippen molar-refractivity contribution < 1.29 is 9.59 Å². The molecule has 19 heavy (non-hydrogen) atoms. The van der Waals surface area contributed by atoms with Crippen LogP contribution in [0, 0.1) is 0 Å². The van der Waals surface area contributed by atoms with Crippen molar-refractivity contribution in [2.75, 3.05) is 11.9 Å². The number of hydrogen-bond acceptors (Lipinski definition) is 2. The third kappa shape index (κ3) is 6.57. The van der Waals surface area contributed by atoms with Crippen LogP contribution < -0.4 is 10.6 Å². The Labute approximate surface area is 120 Å². The lowest BCUT2D eigenvalue weighted by molar-refractivity contribution is -0.121. The van der Waals surface area contributed by atoms with Crippen LogP contribution in [0.1, 0.15) is 6.92 Å². The summed E-state index contributed by atoms with van der Waals surface area (Å²) < 4.78 is 0.938. The average molecular weight is 323 g/mol. The standard InChI is InChI=1S/C14H15BrN2O2/c1-2-3-4-5-13(18)16-10-14(19)17-12-8-6-11(15)7-9-12/h2-9H,10H2,1H3,(H,16,18)(H,17,19). The number of nitrogens with one attached hydrogen (secondary N) is 2. The number of carbonyl (C=O) groups is 2. The number of allylic oxidation sites excluding steroid dienone is 3. The van der Waals surface area contributed by atoms with Gasteiger partial charge in [0.15, 0.2) is 0 Å². The van der Waals surface area contributed by atoms with Crippen molar-refractivity contribution in [1.82, 2.24) is 5.32 Å². The predicted octanol–water partition coefficient (Wildman–Crippen LogP) is 2.64. The van der Waals surface area contributed by atoms with Gasteiger partial charge in [-0.3, -0.25) is 9.59 Å². The lowest BCUT2D eigenvalue weighted by Crippen LogP contribution is -2.31. The van der Waals surface area contributed by atoms with Crippen LogP contribution in [0.4, 0.5) is 5.69 Å². The maximum Gasteiger partial charge on any atom is 0.244 e. The molecule has 0 saturated heterocycles. The lowest BCUT2D eigenvalue weighted by Gasteiger charge is -2.05. The van der Waals surface area contributed by atoms with E-state index in [0.717, 1.165) is 4.47 Å². The maximum atomic E-state index is 11.6. The highest BCUT2D eigenvalue weighted by molar-refractivity contribution is 9.10. The Balaban J connectivity index is 2.35. The van der Waals surface area contributed by atoms with Crippen molar-refractivity contribution in [2.45, 2.75) is 6.92 Å². The van der Waals surface area contributed by atoms with Crippen molar-refractivity contribution in [1.29, 1.82) is 0 Å². The zero-order valence-corrected chi connectivity index (χ0v) is 12.1. The van der Waals surface area contributed by atoms with Crippen molar-refractivity contribution in [2.24, 2.45) is 0 Å². The molecule has 0 aliphatic rings. The Kier molecular flexibility index (Phi) is 6.60. The van der Waals surface area contributed by atoms with Crippen LogP contribution in [0.2, 0.25) is 0 Å². The van der Waals surface area contributed by atoms with Gasteiger partial charge in [-0.2, -0.15) is 0 Å². The Bertz CT molecular complexity index is 493. The van der Waals surface area contributed by atoms with Crippen molar-refractivity contribution in [3.63, 3.8) is 0 Å². The first-order chi connectivity index (χ1) is 9.11. The molecular formula is C14H15BrN2O2. The SMILES string of the molecule is CC=CC=CC(=O)NCC(=O)Nc1ccc(Br)cc1. The Hall–Kier alpha value is -1.88. The summed E-state index contributed by atoms with van der Waals surface area (Å²) in [5.41, 5.74) is 0.687. The minimum Gasteiger partial charge on any atom is -0.343 e. The summed E-state index contributed by atoms with van der Waals surface area (Å²) in [6.07, 6.45) is 6.53. The smallest absolute Gasteiger partial charge is 0.244 e. The molecule has 0 spiro atoms. The van der Waals surface area contributed by atoms with Crippen LogP contribution in [-0.2, 0) is 9.59 Å². The van der Waals surface area contributed by atoms with E-state index >= 15 is 0 Å². The van der Waals surface area contributed by atoms with Gasteiger partial charge in [-0.05, 0) is 31.2 Å². The molecule has 1 rings (SSSR count). The van der Waals surface area contributed by atoms with Crippen LogP contribution >= 0.6 is 15.9 Å². The van der Waals surface area contributed by atoms with Crippen molar-refractivity contribution in [3.8, 4) is 0 Å². The first-order valence-electron chi connectivity index (χ1n) is 5.74. The third-order valence-corrected chi connectivity index (χ3v) is 2.63. The van der Waals surface area contributed by atoms with E-state index < -0.39 is 0 Å². The fourth-order valence-electron chi connectivity index (χ4n) is 1.22. The minimum absolute atomic E-state index is 0.0604. The Morgan fingerprint density at radius 1 is 1.21 bits per heavy atom. The second-order valence-electron chi connectivity index (χ2n) is 3.66. The highest BCUT2D eigenvalue weighted by Crippen LogP contribution is 2.13. The summed E-state index contributed by atoms with van der Waals surface area (Å²) in [7, 11) is 0. The van der Waals surface area contributed by atoms with Gasteiger partial charge in [-0.25, -0.2) is 0 Å². The van der Waals surface area contributed by atoms with Gasteiger partial charge in [0.05, 0.1) is 6.54 Å². The zero-order chi connectivity index (χ0) is 14.1. The molecule has 0 aliphatic heterocycles. The van der Waals surface area contributed by atoms with E-state index in [9.17, 15) is 9.59 Å². The first kappa shape index (κ1) is 15.2. The molecule has 5 heteroatoms. The van der Waals surface area contributed by atoms with E-state index in [-0.39, 0.29) is 18.4 Å². The topological polar surface area (TPSA) is 58.2 Å². The van der Waals surface area contributed by atoms with E-state index in [1.807, 2.05) is 25.1 Å². The summed E-state index contributed by atoms with van der Waals surface area (Å²) in [4.78, 5) is 22.9. The van der Waals surface area contributed by atoms with Crippen LogP contribution in [0.25, 0.3) is 0 Å². The van der Waals surface area contributed by atoms with Gasteiger partial charge in [0.2, 0.25) is 11.8 Å². The molecule has 0 heterocycles. The fourth-order valence-corrected chi connectivity index (χ4v) is 1.48. The maximum absolute atomic E-state index is 11.6. The molecular weight excluding hydrogens is 308 g/mol. The van der Waals surface area contributed by atoms with Crippen molar-refractivity contribution in [3.05, 3.63) is 53.0 Å². The quantitative estimate of drug-likeness (QED) is 0.646. The van der Waals surface area contributed by atoms with E-state index in [1.165, 1.54) is 6.08 Å².